The second-order valence-corrected chi connectivity index (χ2v) is 4.52. The van der Waals surface area contributed by atoms with Crippen LogP contribution in [0.15, 0.2) is 5.16 Å². The highest BCUT2D eigenvalue weighted by molar-refractivity contribution is 5.81. The molecule has 0 aromatic carbocycles. The predicted octanol–water partition coefficient (Wildman–Crippen LogP) is 1.03. The fourth-order valence-electron chi connectivity index (χ4n) is 1.52. The second kappa shape index (κ2) is 9.70. The van der Waals surface area contributed by atoms with Crippen LogP contribution >= 0.6 is 0 Å². The van der Waals surface area contributed by atoms with Gasteiger partial charge in [0, 0.05) is 26.1 Å². The molecule has 0 bridgehead atoms. The highest BCUT2D eigenvalue weighted by Crippen LogP contribution is 2.03. The minimum atomic E-state index is 0.0443. The van der Waals surface area contributed by atoms with Gasteiger partial charge in [0.1, 0.15) is 5.84 Å². The number of rotatable bonds is 9. The number of hydrogen-bond acceptors (Lipinski definition) is 4. The summed E-state index contributed by atoms with van der Waals surface area (Å²) in [5, 5.41) is 11.4. The summed E-state index contributed by atoms with van der Waals surface area (Å²) < 4.78 is 5.17. The number of carbonyl (C=O) groups excluding carboxylic acids is 1. The molecule has 6 nitrogen and oxygen atoms in total. The molecule has 1 amide bonds. The first kappa shape index (κ1) is 16.7. The van der Waals surface area contributed by atoms with Gasteiger partial charge < -0.3 is 20.6 Å². The van der Waals surface area contributed by atoms with Gasteiger partial charge in [0.15, 0.2) is 0 Å². The molecule has 0 aliphatic rings. The van der Waals surface area contributed by atoms with E-state index in [0.717, 1.165) is 0 Å². The van der Waals surface area contributed by atoms with Crippen molar-refractivity contribution in [2.45, 2.75) is 33.6 Å². The number of nitrogens with two attached hydrogens (primary N) is 1. The Balaban J connectivity index is 4.24. The van der Waals surface area contributed by atoms with Crippen molar-refractivity contribution in [2.75, 3.05) is 26.3 Å². The number of hydrogen-bond donors (Lipinski definition) is 2. The molecule has 0 aromatic rings. The molecule has 0 heterocycles. The lowest BCUT2D eigenvalue weighted by Crippen LogP contribution is -2.37. The number of oxime groups is 1. The molecule has 0 radical (unpaired) electrons. The summed E-state index contributed by atoms with van der Waals surface area (Å²) in [6.07, 6.45) is 0.750. The minimum absolute atomic E-state index is 0.0443. The van der Waals surface area contributed by atoms with Crippen LogP contribution in [0.5, 0.6) is 0 Å². The van der Waals surface area contributed by atoms with Crippen molar-refractivity contribution < 1.29 is 14.7 Å². The van der Waals surface area contributed by atoms with Crippen LogP contribution < -0.4 is 5.73 Å². The first-order chi connectivity index (χ1) is 8.51. The summed E-state index contributed by atoms with van der Waals surface area (Å²) in [5.41, 5.74) is 5.41. The van der Waals surface area contributed by atoms with E-state index in [-0.39, 0.29) is 11.7 Å². The first-order valence-corrected chi connectivity index (χ1v) is 6.33. The molecule has 0 aliphatic heterocycles. The normalized spacial score (nSPS) is 11.9. The Morgan fingerprint density at radius 3 is 2.61 bits per heavy atom. The zero-order valence-electron chi connectivity index (χ0n) is 11.6. The Kier molecular flexibility index (Phi) is 9.00. The van der Waals surface area contributed by atoms with Gasteiger partial charge in [0.25, 0.3) is 0 Å². The Hall–Kier alpha value is -1.30. The topological polar surface area (TPSA) is 88.2 Å². The van der Waals surface area contributed by atoms with Gasteiger partial charge in [-0.05, 0) is 12.8 Å². The van der Waals surface area contributed by atoms with Crippen LogP contribution in [-0.2, 0) is 9.53 Å². The molecular formula is C12H25N3O3. The van der Waals surface area contributed by atoms with Crippen LogP contribution in [0.1, 0.15) is 33.6 Å². The van der Waals surface area contributed by atoms with Gasteiger partial charge in [-0.2, -0.15) is 0 Å². The monoisotopic (exact) mass is 259 g/mol. The van der Waals surface area contributed by atoms with E-state index in [1.165, 1.54) is 0 Å². The van der Waals surface area contributed by atoms with E-state index >= 15 is 0 Å². The molecule has 0 spiro atoms. The fourth-order valence-corrected chi connectivity index (χ4v) is 1.52. The van der Waals surface area contributed by atoms with Crippen molar-refractivity contribution in [3.63, 3.8) is 0 Å². The highest BCUT2D eigenvalue weighted by atomic mass is 16.5. The lowest BCUT2D eigenvalue weighted by atomic mass is 10.2. The van der Waals surface area contributed by atoms with Crippen molar-refractivity contribution in [2.24, 2.45) is 16.8 Å². The lowest BCUT2D eigenvalue weighted by molar-refractivity contribution is -0.132. The van der Waals surface area contributed by atoms with Gasteiger partial charge in [0.05, 0.1) is 13.0 Å². The smallest absolute Gasteiger partial charge is 0.224 e. The second-order valence-electron chi connectivity index (χ2n) is 4.52. The third-order valence-corrected chi connectivity index (χ3v) is 2.37. The molecule has 6 heteroatoms. The zero-order chi connectivity index (χ0) is 14.0. The molecule has 0 aliphatic carbocycles. The third-order valence-electron chi connectivity index (χ3n) is 2.37. The standard InChI is InChI=1S/C12H25N3O3/c1-4-18-8-6-12(16)15(9-10(2)3)7-5-11(13)14-17/h10,17H,4-9H2,1-3H3,(H2,13,14). The van der Waals surface area contributed by atoms with Crippen LogP contribution in [-0.4, -0.2) is 48.2 Å². The highest BCUT2D eigenvalue weighted by Gasteiger charge is 2.15. The van der Waals surface area contributed by atoms with E-state index in [1.54, 1.807) is 4.90 Å². The van der Waals surface area contributed by atoms with Crippen molar-refractivity contribution in [3.8, 4) is 0 Å². The maximum Gasteiger partial charge on any atom is 0.224 e. The predicted molar refractivity (Wildman–Crippen MR) is 70.6 cm³/mol. The van der Waals surface area contributed by atoms with Crippen molar-refractivity contribution in [1.29, 1.82) is 0 Å². The van der Waals surface area contributed by atoms with Crippen LogP contribution in [0.2, 0.25) is 0 Å². The number of amides is 1. The molecule has 3 N–H and O–H groups in total. The molecule has 0 fully saturated rings. The molecule has 0 saturated carbocycles. The van der Waals surface area contributed by atoms with Crippen LogP contribution in [0.3, 0.4) is 0 Å². The lowest BCUT2D eigenvalue weighted by Gasteiger charge is -2.24. The minimum Gasteiger partial charge on any atom is -0.409 e. The molecule has 0 unspecified atom stereocenters. The maximum atomic E-state index is 12.0. The van der Waals surface area contributed by atoms with Crippen molar-refractivity contribution in [1.82, 2.24) is 4.90 Å². The zero-order valence-corrected chi connectivity index (χ0v) is 11.6. The van der Waals surface area contributed by atoms with E-state index in [4.69, 9.17) is 15.7 Å². The molecular weight excluding hydrogens is 234 g/mol. The largest absolute Gasteiger partial charge is 0.409 e. The fraction of sp³-hybridized carbons (Fsp3) is 0.833. The Morgan fingerprint density at radius 2 is 2.11 bits per heavy atom. The summed E-state index contributed by atoms with van der Waals surface area (Å²) in [6.45, 7) is 8.19. The van der Waals surface area contributed by atoms with Gasteiger partial charge >= 0.3 is 0 Å². The summed E-state index contributed by atoms with van der Waals surface area (Å²) >= 11 is 0. The van der Waals surface area contributed by atoms with Gasteiger partial charge in [-0.15, -0.1) is 0 Å². The van der Waals surface area contributed by atoms with Gasteiger partial charge in [-0.1, -0.05) is 19.0 Å². The Morgan fingerprint density at radius 1 is 1.44 bits per heavy atom. The number of ether oxygens (including phenoxy) is 1. The van der Waals surface area contributed by atoms with E-state index in [0.29, 0.717) is 45.1 Å². The molecule has 0 atom stereocenters. The first-order valence-electron chi connectivity index (χ1n) is 6.33. The molecule has 0 aromatic heterocycles. The quantitative estimate of drug-likeness (QED) is 0.213. The summed E-state index contributed by atoms with van der Waals surface area (Å²) in [6, 6.07) is 0. The molecule has 106 valence electrons. The maximum absolute atomic E-state index is 12.0. The summed E-state index contributed by atoms with van der Waals surface area (Å²) in [5.74, 6) is 0.567. The SMILES string of the molecule is CCOCCC(=O)N(CCC(N)=NO)CC(C)C. The van der Waals surface area contributed by atoms with E-state index in [1.807, 2.05) is 20.8 Å². The van der Waals surface area contributed by atoms with Crippen LogP contribution in [0.25, 0.3) is 0 Å². The van der Waals surface area contributed by atoms with E-state index in [2.05, 4.69) is 5.16 Å². The third kappa shape index (κ3) is 7.89. The molecule has 18 heavy (non-hydrogen) atoms. The number of amidine groups is 1. The Bertz CT molecular complexity index is 267. The van der Waals surface area contributed by atoms with E-state index < -0.39 is 0 Å². The summed E-state index contributed by atoms with van der Waals surface area (Å²) in [7, 11) is 0. The van der Waals surface area contributed by atoms with Gasteiger partial charge in [-0.25, -0.2) is 0 Å². The Labute approximate surface area is 109 Å². The van der Waals surface area contributed by atoms with Crippen molar-refractivity contribution >= 4 is 11.7 Å². The van der Waals surface area contributed by atoms with Crippen LogP contribution in [0.4, 0.5) is 0 Å². The number of nitrogens with zero attached hydrogens (tertiary/aromatic N) is 2. The van der Waals surface area contributed by atoms with E-state index in [9.17, 15) is 4.79 Å². The average molecular weight is 259 g/mol. The summed E-state index contributed by atoms with van der Waals surface area (Å²) in [4.78, 5) is 13.7. The van der Waals surface area contributed by atoms with Gasteiger partial charge in [-0.3, -0.25) is 4.79 Å². The van der Waals surface area contributed by atoms with Crippen molar-refractivity contribution in [3.05, 3.63) is 0 Å². The number of carbonyl (C=O) groups is 1. The van der Waals surface area contributed by atoms with Crippen LogP contribution in [0, 0.1) is 5.92 Å². The van der Waals surface area contributed by atoms with Gasteiger partial charge in [0.2, 0.25) is 5.91 Å². The molecule has 0 rings (SSSR count). The molecule has 0 saturated heterocycles. The average Bonchev–Trinajstić information content (AvgIpc) is 2.33.